The van der Waals surface area contributed by atoms with Crippen molar-refractivity contribution in [1.29, 1.82) is 0 Å². The number of nitro groups is 1. The van der Waals surface area contributed by atoms with Gasteiger partial charge in [-0.2, -0.15) is 13.8 Å². The number of aromatic nitrogens is 2. The minimum Gasteiger partial charge on any atom is -0.454 e. The number of sulfonamides is 1. The molecule has 2 aliphatic rings. The number of piperazine rings is 1. The molecule has 13 nitrogen and oxygen atoms in total. The zero-order chi connectivity index (χ0) is 31.9. The van der Waals surface area contributed by atoms with E-state index in [4.69, 9.17) is 15.6 Å². The Morgan fingerprint density at radius 3 is 2.42 bits per heavy atom. The van der Waals surface area contributed by atoms with Crippen molar-refractivity contribution < 1.29 is 31.7 Å². The third-order valence-corrected chi connectivity index (χ3v) is 9.75. The summed E-state index contributed by atoms with van der Waals surface area (Å²) in [7, 11) is -4.11. The number of carbonyl (C=O) groups is 1. The SMILES string of the molecule is NC(=O)c1c2c(nn1-c1ccc(Oc3cccc(F)c3F)cc1)[C@H](N1CCN(S(=O)(=O)c3ccccc3[N+](=O)[O-])CC1)CCN2. The van der Waals surface area contributed by atoms with Gasteiger partial charge in [-0.3, -0.25) is 19.8 Å². The van der Waals surface area contributed by atoms with Crippen LogP contribution in [-0.4, -0.2) is 71.0 Å². The third kappa shape index (κ3) is 5.58. The van der Waals surface area contributed by atoms with Gasteiger partial charge in [-0.15, -0.1) is 0 Å². The van der Waals surface area contributed by atoms with Crippen LogP contribution in [0.3, 0.4) is 0 Å². The highest BCUT2D eigenvalue weighted by molar-refractivity contribution is 7.89. The molecule has 234 valence electrons. The number of nitrogens with one attached hydrogen (secondary N) is 1. The summed E-state index contributed by atoms with van der Waals surface area (Å²) in [6, 6.07) is 14.8. The molecule has 0 unspecified atom stereocenters. The lowest BCUT2D eigenvalue weighted by Crippen LogP contribution is -2.50. The van der Waals surface area contributed by atoms with E-state index in [1.807, 2.05) is 0 Å². The molecule has 16 heteroatoms. The smallest absolute Gasteiger partial charge is 0.289 e. The largest absolute Gasteiger partial charge is 0.454 e. The number of carbonyl (C=O) groups excluding carboxylic acids is 1. The van der Waals surface area contributed by atoms with Crippen LogP contribution in [0.4, 0.5) is 20.2 Å². The summed E-state index contributed by atoms with van der Waals surface area (Å²) in [6.45, 7) is 1.36. The first kappa shape index (κ1) is 30.1. The molecular formula is C29H27F2N7O6S. The zero-order valence-electron chi connectivity index (χ0n) is 23.6. The van der Waals surface area contributed by atoms with E-state index in [0.29, 0.717) is 43.1 Å². The Bertz CT molecular complexity index is 1890. The highest BCUT2D eigenvalue weighted by Gasteiger charge is 2.38. The fraction of sp³-hybridized carbons (Fsp3) is 0.241. The molecule has 6 rings (SSSR count). The van der Waals surface area contributed by atoms with E-state index in [1.54, 1.807) is 12.1 Å². The maximum Gasteiger partial charge on any atom is 0.289 e. The quantitative estimate of drug-likeness (QED) is 0.215. The third-order valence-electron chi connectivity index (χ3n) is 7.80. The summed E-state index contributed by atoms with van der Waals surface area (Å²) < 4.78 is 62.4. The van der Waals surface area contributed by atoms with E-state index < -0.39 is 38.2 Å². The van der Waals surface area contributed by atoms with Crippen LogP contribution in [0.5, 0.6) is 11.5 Å². The van der Waals surface area contributed by atoms with Gasteiger partial charge in [0.1, 0.15) is 11.4 Å². The topological polar surface area (TPSA) is 166 Å². The van der Waals surface area contributed by atoms with E-state index >= 15 is 0 Å². The predicted octanol–water partition coefficient (Wildman–Crippen LogP) is 3.81. The molecule has 1 atom stereocenters. The van der Waals surface area contributed by atoms with Crippen molar-refractivity contribution in [3.05, 3.63) is 99.9 Å². The molecule has 0 radical (unpaired) electrons. The molecule has 1 amide bonds. The van der Waals surface area contributed by atoms with Crippen LogP contribution in [0.2, 0.25) is 0 Å². The van der Waals surface area contributed by atoms with Crippen LogP contribution in [0.15, 0.2) is 71.6 Å². The number of nitro benzene ring substituents is 1. The van der Waals surface area contributed by atoms with E-state index in [1.165, 1.54) is 51.5 Å². The average Bonchev–Trinajstić information content (AvgIpc) is 3.44. The van der Waals surface area contributed by atoms with Crippen LogP contribution in [0.1, 0.15) is 28.6 Å². The summed E-state index contributed by atoms with van der Waals surface area (Å²) in [5.74, 6) is -2.93. The summed E-state index contributed by atoms with van der Waals surface area (Å²) in [4.78, 5) is 25.1. The maximum absolute atomic E-state index is 14.1. The fourth-order valence-corrected chi connectivity index (χ4v) is 7.23. The first-order chi connectivity index (χ1) is 21.6. The van der Waals surface area contributed by atoms with Gasteiger partial charge < -0.3 is 15.8 Å². The second-order valence-electron chi connectivity index (χ2n) is 10.4. The van der Waals surface area contributed by atoms with E-state index in [2.05, 4.69) is 10.2 Å². The van der Waals surface area contributed by atoms with Crippen molar-refractivity contribution in [2.75, 3.05) is 38.0 Å². The van der Waals surface area contributed by atoms with Gasteiger partial charge in [0.25, 0.3) is 11.6 Å². The van der Waals surface area contributed by atoms with Crippen LogP contribution in [-0.2, 0) is 10.0 Å². The Balaban J connectivity index is 1.23. The van der Waals surface area contributed by atoms with Gasteiger partial charge in [0.15, 0.2) is 22.2 Å². The van der Waals surface area contributed by atoms with Crippen molar-refractivity contribution in [3.8, 4) is 17.2 Å². The Morgan fingerprint density at radius 1 is 1.02 bits per heavy atom. The summed E-state index contributed by atoms with van der Waals surface area (Å²) in [5.41, 5.74) is 6.92. The van der Waals surface area contributed by atoms with Gasteiger partial charge in [0.05, 0.1) is 22.3 Å². The van der Waals surface area contributed by atoms with Crippen LogP contribution in [0.25, 0.3) is 5.69 Å². The fourth-order valence-electron chi connectivity index (χ4n) is 5.65. The number of amides is 1. The molecule has 0 aliphatic carbocycles. The van der Waals surface area contributed by atoms with Crippen molar-refractivity contribution in [3.63, 3.8) is 0 Å². The number of nitrogens with two attached hydrogens (primary N) is 1. The minimum absolute atomic E-state index is 0.102. The van der Waals surface area contributed by atoms with Crippen molar-refractivity contribution in [2.24, 2.45) is 5.73 Å². The molecule has 4 aromatic rings. The van der Waals surface area contributed by atoms with Crippen molar-refractivity contribution in [1.82, 2.24) is 19.0 Å². The van der Waals surface area contributed by atoms with Gasteiger partial charge >= 0.3 is 0 Å². The lowest BCUT2D eigenvalue weighted by Gasteiger charge is -2.39. The lowest BCUT2D eigenvalue weighted by atomic mass is 10.0. The monoisotopic (exact) mass is 639 g/mol. The summed E-state index contributed by atoms with van der Waals surface area (Å²) in [6.07, 6.45) is 0.616. The van der Waals surface area contributed by atoms with Gasteiger partial charge in [0.2, 0.25) is 15.8 Å². The molecule has 1 fully saturated rings. The van der Waals surface area contributed by atoms with Crippen LogP contribution < -0.4 is 15.8 Å². The minimum atomic E-state index is -4.11. The van der Waals surface area contributed by atoms with Crippen LogP contribution in [0, 0.1) is 21.7 Å². The van der Waals surface area contributed by atoms with Gasteiger partial charge in [0, 0.05) is 38.8 Å². The summed E-state index contributed by atoms with van der Waals surface area (Å²) >= 11 is 0. The molecule has 2 aliphatic heterocycles. The van der Waals surface area contributed by atoms with Gasteiger partial charge in [-0.05, 0) is 48.9 Å². The maximum atomic E-state index is 14.1. The lowest BCUT2D eigenvalue weighted by molar-refractivity contribution is -0.387. The molecule has 0 bridgehead atoms. The highest BCUT2D eigenvalue weighted by atomic mass is 32.2. The first-order valence-corrected chi connectivity index (χ1v) is 15.4. The Hall–Kier alpha value is -4.93. The second kappa shape index (κ2) is 11.9. The molecular weight excluding hydrogens is 612 g/mol. The number of anilines is 1. The first-order valence-electron chi connectivity index (χ1n) is 13.9. The van der Waals surface area contributed by atoms with E-state index in [0.717, 1.165) is 12.1 Å². The number of hydrogen-bond donors (Lipinski definition) is 2. The molecule has 3 N–H and O–H groups in total. The van der Waals surface area contributed by atoms with Crippen molar-refractivity contribution >= 4 is 27.3 Å². The van der Waals surface area contributed by atoms with Gasteiger partial charge in [-0.25, -0.2) is 17.5 Å². The standard InChI is InChI=1S/C29H27F2N7O6S/c30-20-4-3-6-23(25(20)31)44-19-10-8-18(9-11-19)37-28(29(32)39)27-26(34-37)22(12-13-33-27)35-14-16-36(17-15-35)45(42,43)24-7-2-1-5-21(24)38(40)41/h1-11,22,33H,12-17H2,(H2,32,39)/t22-/m1/s1. The highest BCUT2D eigenvalue weighted by Crippen LogP contribution is 2.38. The molecule has 0 saturated carbocycles. The summed E-state index contributed by atoms with van der Waals surface area (Å²) in [5, 5.41) is 19.4. The number of primary amides is 1. The molecule has 1 saturated heterocycles. The number of ether oxygens (including phenoxy) is 1. The number of rotatable bonds is 8. The van der Waals surface area contributed by atoms with Crippen LogP contribution >= 0.6 is 0 Å². The number of fused-ring (bicyclic) bond motifs is 1. The molecule has 0 spiro atoms. The predicted molar refractivity (Wildman–Crippen MR) is 158 cm³/mol. The van der Waals surface area contributed by atoms with E-state index in [-0.39, 0.29) is 41.2 Å². The Kier molecular flexibility index (Phi) is 7.94. The average molecular weight is 640 g/mol. The molecule has 3 aromatic carbocycles. The van der Waals surface area contributed by atoms with E-state index in [9.17, 15) is 32.1 Å². The number of para-hydroxylation sites is 1. The molecule has 3 heterocycles. The van der Waals surface area contributed by atoms with Crippen molar-refractivity contribution in [2.45, 2.75) is 17.4 Å². The van der Waals surface area contributed by atoms with Gasteiger partial charge in [-0.1, -0.05) is 18.2 Å². The number of halogens is 2. The normalized spacial score (nSPS) is 17.3. The zero-order valence-corrected chi connectivity index (χ0v) is 24.4. The Morgan fingerprint density at radius 2 is 1.73 bits per heavy atom. The number of benzene rings is 3. The number of nitrogens with zero attached hydrogens (tertiary/aromatic N) is 5. The second-order valence-corrected chi connectivity index (χ2v) is 12.3. The molecule has 1 aromatic heterocycles. The molecule has 45 heavy (non-hydrogen) atoms. The number of hydrogen-bond acceptors (Lipinski definition) is 9. The Labute approximate surface area is 256 Å².